The molecule has 1 heterocycles. The van der Waals surface area contributed by atoms with Crippen LogP contribution in [0.2, 0.25) is 0 Å². The van der Waals surface area contributed by atoms with E-state index in [1.54, 1.807) is 0 Å². The van der Waals surface area contributed by atoms with E-state index < -0.39 is 0 Å². The zero-order chi connectivity index (χ0) is 20.2. The molecule has 0 bridgehead atoms. The molecule has 0 atom stereocenters. The number of fused-ring (bicyclic) bond motifs is 2. The first kappa shape index (κ1) is 18.0. The second kappa shape index (κ2) is 8.10. The van der Waals surface area contributed by atoms with Crippen molar-refractivity contribution in [3.8, 4) is 0 Å². The average molecular weight is 385 g/mol. The monoisotopic (exact) mass is 385 g/mol. The molecule has 3 heteroatoms. The van der Waals surface area contributed by atoms with E-state index >= 15 is 0 Å². The van der Waals surface area contributed by atoms with Crippen LogP contribution in [-0.2, 0) is 0 Å². The van der Waals surface area contributed by atoms with Crippen molar-refractivity contribution in [1.29, 1.82) is 0 Å². The van der Waals surface area contributed by atoms with E-state index in [-0.39, 0.29) is 0 Å². The van der Waals surface area contributed by atoms with Gasteiger partial charge in [0.2, 0.25) is 0 Å². The normalized spacial score (nSPS) is 11.7. The summed E-state index contributed by atoms with van der Waals surface area (Å²) < 4.78 is 0. The van der Waals surface area contributed by atoms with Crippen molar-refractivity contribution < 1.29 is 0 Å². The van der Waals surface area contributed by atoms with Gasteiger partial charge in [0.25, 0.3) is 0 Å². The van der Waals surface area contributed by atoms with Crippen LogP contribution in [0.1, 0.15) is 11.1 Å². The van der Waals surface area contributed by atoms with Gasteiger partial charge in [-0.25, -0.2) is 4.98 Å². The van der Waals surface area contributed by atoms with Crippen LogP contribution in [0.3, 0.4) is 0 Å². The zero-order valence-electron chi connectivity index (χ0n) is 16.3. The van der Waals surface area contributed by atoms with Crippen LogP contribution < -0.4 is 0 Å². The highest BCUT2D eigenvalue weighted by molar-refractivity contribution is 5.95. The standard InChI is InChI=1S/C27H19N3/c1-3-7-20(8-4-1)18-28-24-13-11-22-15-23-12-14-25(17-27(23)30-26(22)16-24)29-19-21-9-5-2-6-10-21/h1-19H. The maximum atomic E-state index is 4.86. The van der Waals surface area contributed by atoms with Crippen LogP contribution in [0.5, 0.6) is 0 Å². The number of nitrogens with zero attached hydrogens (tertiary/aromatic N) is 3. The summed E-state index contributed by atoms with van der Waals surface area (Å²) in [6.45, 7) is 0. The Kier molecular flexibility index (Phi) is 4.84. The van der Waals surface area contributed by atoms with Crippen molar-refractivity contribution in [3.63, 3.8) is 0 Å². The molecule has 0 saturated carbocycles. The van der Waals surface area contributed by atoms with E-state index in [0.717, 1.165) is 44.3 Å². The van der Waals surface area contributed by atoms with E-state index in [9.17, 15) is 0 Å². The Hall–Kier alpha value is -4.11. The molecule has 0 fully saturated rings. The largest absolute Gasteiger partial charge is 0.256 e. The Morgan fingerprint density at radius 1 is 0.500 bits per heavy atom. The number of hydrogen-bond donors (Lipinski definition) is 0. The molecule has 5 aromatic rings. The second-order valence-corrected chi connectivity index (χ2v) is 7.08. The van der Waals surface area contributed by atoms with Crippen LogP contribution in [0.15, 0.2) is 113 Å². The van der Waals surface area contributed by atoms with Gasteiger partial charge in [-0.1, -0.05) is 72.8 Å². The van der Waals surface area contributed by atoms with Gasteiger partial charge >= 0.3 is 0 Å². The summed E-state index contributed by atoms with van der Waals surface area (Å²) in [6.07, 6.45) is 3.75. The molecule has 4 aromatic carbocycles. The summed E-state index contributed by atoms with van der Waals surface area (Å²) in [4.78, 5) is 14.1. The molecule has 0 saturated heterocycles. The van der Waals surface area contributed by atoms with E-state index in [1.165, 1.54) is 0 Å². The molecule has 0 spiro atoms. The smallest absolute Gasteiger partial charge is 0.0731 e. The fourth-order valence-corrected chi connectivity index (χ4v) is 3.34. The third-order valence-corrected chi connectivity index (χ3v) is 4.90. The second-order valence-electron chi connectivity index (χ2n) is 7.08. The Bertz CT molecular complexity index is 1270. The molecule has 0 aliphatic carbocycles. The predicted octanol–water partition coefficient (Wildman–Crippen LogP) is 6.89. The molecule has 0 N–H and O–H groups in total. The number of rotatable bonds is 4. The maximum absolute atomic E-state index is 4.86. The number of hydrogen-bond acceptors (Lipinski definition) is 3. The fourth-order valence-electron chi connectivity index (χ4n) is 3.34. The summed E-state index contributed by atoms with van der Waals surface area (Å²) in [6, 6.07) is 34.6. The molecule has 0 amide bonds. The van der Waals surface area contributed by atoms with Gasteiger partial charge in [0.1, 0.15) is 0 Å². The number of pyridine rings is 1. The van der Waals surface area contributed by atoms with Gasteiger partial charge in [-0.2, -0.15) is 0 Å². The number of benzene rings is 4. The van der Waals surface area contributed by atoms with E-state index in [0.29, 0.717) is 0 Å². The van der Waals surface area contributed by atoms with Crippen molar-refractivity contribution >= 4 is 45.6 Å². The van der Waals surface area contributed by atoms with E-state index in [4.69, 9.17) is 4.98 Å². The molecule has 0 radical (unpaired) electrons. The topological polar surface area (TPSA) is 37.6 Å². The van der Waals surface area contributed by atoms with Crippen LogP contribution in [0.4, 0.5) is 11.4 Å². The lowest BCUT2D eigenvalue weighted by molar-refractivity contribution is 1.46. The molecule has 30 heavy (non-hydrogen) atoms. The Morgan fingerprint density at radius 2 is 0.967 bits per heavy atom. The van der Waals surface area contributed by atoms with Gasteiger partial charge in [-0.15, -0.1) is 0 Å². The van der Waals surface area contributed by atoms with Crippen molar-refractivity contribution in [1.82, 2.24) is 4.98 Å². The van der Waals surface area contributed by atoms with E-state index in [2.05, 4.69) is 28.2 Å². The van der Waals surface area contributed by atoms with Gasteiger partial charge in [-0.05, 0) is 41.5 Å². The Morgan fingerprint density at radius 3 is 1.43 bits per heavy atom. The van der Waals surface area contributed by atoms with Gasteiger partial charge in [0.05, 0.1) is 22.4 Å². The van der Waals surface area contributed by atoms with Crippen molar-refractivity contribution in [2.45, 2.75) is 0 Å². The predicted molar refractivity (Wildman–Crippen MR) is 127 cm³/mol. The lowest BCUT2D eigenvalue weighted by Gasteiger charge is -2.04. The van der Waals surface area contributed by atoms with Crippen molar-refractivity contribution in [2.75, 3.05) is 0 Å². The molecule has 0 unspecified atom stereocenters. The number of aliphatic imine (C=N–C) groups is 2. The summed E-state index contributed by atoms with van der Waals surface area (Å²) in [5, 5.41) is 2.20. The SMILES string of the molecule is C(=Nc1ccc2cc3ccc(N=Cc4ccccc4)cc3nc2c1)c1ccccc1. The first-order valence-electron chi connectivity index (χ1n) is 9.86. The average Bonchev–Trinajstić information content (AvgIpc) is 2.81. The Balaban J connectivity index is 1.48. The minimum atomic E-state index is 0.886. The molecule has 1 aromatic heterocycles. The minimum absolute atomic E-state index is 0.886. The quantitative estimate of drug-likeness (QED) is 0.245. The zero-order valence-corrected chi connectivity index (χ0v) is 16.3. The lowest BCUT2D eigenvalue weighted by Crippen LogP contribution is -1.84. The summed E-state index contributed by atoms with van der Waals surface area (Å²) in [7, 11) is 0. The van der Waals surface area contributed by atoms with E-state index in [1.807, 2.05) is 97.4 Å². The Labute approximate surface area is 175 Å². The van der Waals surface area contributed by atoms with Crippen molar-refractivity contribution in [3.05, 3.63) is 114 Å². The first-order chi connectivity index (χ1) is 14.8. The van der Waals surface area contributed by atoms with Crippen LogP contribution in [0.25, 0.3) is 21.8 Å². The molecular formula is C27H19N3. The lowest BCUT2D eigenvalue weighted by atomic mass is 10.1. The number of aromatic nitrogens is 1. The van der Waals surface area contributed by atoms with Gasteiger partial charge < -0.3 is 0 Å². The van der Waals surface area contributed by atoms with Gasteiger partial charge in [0, 0.05) is 23.2 Å². The summed E-state index contributed by atoms with van der Waals surface area (Å²) >= 11 is 0. The maximum Gasteiger partial charge on any atom is 0.0731 e. The molecule has 0 aliphatic rings. The fraction of sp³-hybridized carbons (Fsp3) is 0. The van der Waals surface area contributed by atoms with Gasteiger partial charge in [0.15, 0.2) is 0 Å². The highest BCUT2D eigenvalue weighted by Gasteiger charge is 2.02. The summed E-state index contributed by atoms with van der Waals surface area (Å²) in [5.41, 5.74) is 5.77. The van der Waals surface area contributed by atoms with Crippen LogP contribution >= 0.6 is 0 Å². The molecule has 3 nitrogen and oxygen atoms in total. The molecular weight excluding hydrogens is 366 g/mol. The molecule has 5 rings (SSSR count). The van der Waals surface area contributed by atoms with Crippen LogP contribution in [-0.4, -0.2) is 17.4 Å². The third-order valence-electron chi connectivity index (χ3n) is 4.90. The molecule has 142 valence electrons. The highest BCUT2D eigenvalue weighted by atomic mass is 14.7. The minimum Gasteiger partial charge on any atom is -0.256 e. The third kappa shape index (κ3) is 4.01. The highest BCUT2D eigenvalue weighted by Crippen LogP contribution is 2.26. The summed E-state index contributed by atoms with van der Waals surface area (Å²) in [5.74, 6) is 0. The molecule has 0 aliphatic heterocycles. The first-order valence-corrected chi connectivity index (χ1v) is 9.86. The van der Waals surface area contributed by atoms with Crippen molar-refractivity contribution in [2.24, 2.45) is 9.98 Å². The van der Waals surface area contributed by atoms with Gasteiger partial charge in [-0.3, -0.25) is 9.98 Å². The van der Waals surface area contributed by atoms with Crippen LogP contribution in [0, 0.1) is 0 Å².